The number of hydrogen-bond donors (Lipinski definition) is 0. The second-order valence-electron chi connectivity index (χ2n) is 6.69. The number of hydrogen-bond acceptors (Lipinski definition) is 4. The van der Waals surface area contributed by atoms with Crippen molar-refractivity contribution in [1.82, 2.24) is 19.2 Å². The third kappa shape index (κ3) is 3.21. The van der Waals surface area contributed by atoms with Gasteiger partial charge in [0.25, 0.3) is 0 Å². The van der Waals surface area contributed by atoms with Gasteiger partial charge in [0, 0.05) is 56.2 Å². The van der Waals surface area contributed by atoms with Crippen LogP contribution in [0.25, 0.3) is 16.9 Å². The second-order valence-corrected chi connectivity index (χ2v) is 6.69. The maximum Gasteiger partial charge on any atom is 0.152 e. The van der Waals surface area contributed by atoms with Gasteiger partial charge in [-0.3, -0.25) is 14.7 Å². The molecule has 0 saturated carbocycles. The van der Waals surface area contributed by atoms with Crippen molar-refractivity contribution in [3.8, 4) is 11.4 Å². The largest absolute Gasteiger partial charge is 0.314 e. The lowest BCUT2D eigenvalue weighted by Crippen LogP contribution is -2.43. The van der Waals surface area contributed by atoms with Gasteiger partial charge in [-0.15, -0.1) is 0 Å². The van der Waals surface area contributed by atoms with E-state index < -0.39 is 0 Å². The van der Waals surface area contributed by atoms with Crippen LogP contribution in [-0.2, 0) is 6.54 Å². The molecule has 1 aliphatic heterocycles. The molecule has 4 heterocycles. The normalized spacial score (nSPS) is 16.4. The number of carbonyl (C=O) groups excluding carboxylic acids is 1. The summed E-state index contributed by atoms with van der Waals surface area (Å²) >= 11 is 0. The number of nitrogens with zero attached hydrogens (tertiary/aromatic N) is 4. The van der Waals surface area contributed by atoms with Crippen LogP contribution < -0.4 is 0 Å². The first kappa shape index (κ1) is 16.0. The first-order chi connectivity index (χ1) is 12.2. The van der Waals surface area contributed by atoms with Gasteiger partial charge in [-0.05, 0) is 36.9 Å². The Balaban J connectivity index is 1.59. The minimum absolute atomic E-state index is 0.672. The Morgan fingerprint density at radius 3 is 2.68 bits per heavy atom. The first-order valence-electron chi connectivity index (χ1n) is 8.66. The molecule has 0 unspecified atom stereocenters. The van der Waals surface area contributed by atoms with Gasteiger partial charge >= 0.3 is 0 Å². The van der Waals surface area contributed by atoms with Crippen molar-refractivity contribution in [2.75, 3.05) is 33.2 Å². The Kier molecular flexibility index (Phi) is 4.34. The molecule has 1 fully saturated rings. The Morgan fingerprint density at radius 1 is 1.12 bits per heavy atom. The molecule has 0 atom stereocenters. The highest BCUT2D eigenvalue weighted by atomic mass is 16.1. The number of carbonyl (C=O) groups is 1. The summed E-state index contributed by atoms with van der Waals surface area (Å²) < 4.78 is 2.02. The van der Waals surface area contributed by atoms with E-state index in [0.29, 0.717) is 5.56 Å². The minimum atomic E-state index is 0.672. The smallest absolute Gasteiger partial charge is 0.152 e. The number of rotatable bonds is 4. The molecule has 4 rings (SSSR count). The van der Waals surface area contributed by atoms with Crippen molar-refractivity contribution >= 4 is 11.8 Å². The molecule has 3 aromatic heterocycles. The molecule has 3 aromatic rings. The van der Waals surface area contributed by atoms with E-state index in [0.717, 1.165) is 55.9 Å². The van der Waals surface area contributed by atoms with Gasteiger partial charge in [0.2, 0.25) is 0 Å². The van der Waals surface area contributed by atoms with Crippen molar-refractivity contribution < 1.29 is 4.79 Å². The van der Waals surface area contributed by atoms with Gasteiger partial charge in [-0.25, -0.2) is 0 Å². The molecule has 0 aliphatic carbocycles. The van der Waals surface area contributed by atoms with Crippen LogP contribution in [0.2, 0.25) is 0 Å². The van der Waals surface area contributed by atoms with Crippen LogP contribution in [0.5, 0.6) is 0 Å². The molecule has 25 heavy (non-hydrogen) atoms. The lowest BCUT2D eigenvalue weighted by Gasteiger charge is -2.32. The van der Waals surface area contributed by atoms with Crippen molar-refractivity contribution in [2.45, 2.75) is 6.54 Å². The fraction of sp³-hybridized carbons (Fsp3) is 0.300. The van der Waals surface area contributed by atoms with Crippen LogP contribution in [-0.4, -0.2) is 58.7 Å². The molecule has 1 saturated heterocycles. The SMILES string of the molecule is CN1CCN(Cc2ccc(-c3c(C=O)cc4ccccn34)nc2)CC1. The number of aromatic nitrogens is 2. The number of piperazine rings is 1. The van der Waals surface area contributed by atoms with Crippen molar-refractivity contribution in [1.29, 1.82) is 0 Å². The summed E-state index contributed by atoms with van der Waals surface area (Å²) in [6, 6.07) is 12.0. The van der Waals surface area contributed by atoms with Gasteiger partial charge < -0.3 is 9.30 Å². The summed E-state index contributed by atoms with van der Waals surface area (Å²) in [6.07, 6.45) is 4.81. The molecule has 5 nitrogen and oxygen atoms in total. The molecule has 0 radical (unpaired) electrons. The molecule has 0 aromatic carbocycles. The number of pyridine rings is 2. The van der Waals surface area contributed by atoms with Crippen LogP contribution in [0, 0.1) is 0 Å². The van der Waals surface area contributed by atoms with E-state index in [1.165, 1.54) is 5.56 Å². The average Bonchev–Trinajstić information content (AvgIpc) is 3.03. The highest BCUT2D eigenvalue weighted by Crippen LogP contribution is 2.25. The van der Waals surface area contributed by atoms with E-state index >= 15 is 0 Å². The third-order valence-corrected chi connectivity index (χ3v) is 4.91. The van der Waals surface area contributed by atoms with Crippen LogP contribution in [0.1, 0.15) is 15.9 Å². The van der Waals surface area contributed by atoms with Gasteiger partial charge in [0.15, 0.2) is 6.29 Å². The zero-order valence-electron chi connectivity index (χ0n) is 14.4. The zero-order chi connectivity index (χ0) is 17.2. The van der Waals surface area contributed by atoms with Crippen LogP contribution in [0.15, 0.2) is 48.8 Å². The van der Waals surface area contributed by atoms with E-state index in [9.17, 15) is 4.79 Å². The molecule has 0 bridgehead atoms. The van der Waals surface area contributed by atoms with Crippen LogP contribution in [0.4, 0.5) is 0 Å². The van der Waals surface area contributed by atoms with Crippen molar-refractivity contribution in [3.63, 3.8) is 0 Å². The quantitative estimate of drug-likeness (QED) is 0.688. The maximum absolute atomic E-state index is 11.5. The van der Waals surface area contributed by atoms with Crippen molar-refractivity contribution in [2.24, 2.45) is 0 Å². The monoisotopic (exact) mass is 334 g/mol. The molecule has 1 aliphatic rings. The van der Waals surface area contributed by atoms with E-state index in [1.807, 2.05) is 47.1 Å². The van der Waals surface area contributed by atoms with Gasteiger partial charge in [0.05, 0.1) is 11.4 Å². The molecule has 0 spiro atoms. The van der Waals surface area contributed by atoms with Crippen molar-refractivity contribution in [3.05, 3.63) is 59.9 Å². The predicted molar refractivity (Wildman–Crippen MR) is 98.8 cm³/mol. The lowest BCUT2D eigenvalue weighted by atomic mass is 10.1. The Hall–Kier alpha value is -2.50. The molecule has 5 heteroatoms. The summed E-state index contributed by atoms with van der Waals surface area (Å²) in [5.74, 6) is 0. The number of aldehydes is 1. The molecule has 128 valence electrons. The molecule has 0 N–H and O–H groups in total. The molecular formula is C20H22N4O. The summed E-state index contributed by atoms with van der Waals surface area (Å²) in [7, 11) is 2.17. The maximum atomic E-state index is 11.5. The standard InChI is InChI=1S/C20H22N4O/c1-22-8-10-23(11-9-22)14-16-5-6-19(21-13-16)20-17(15-25)12-18-4-2-3-7-24(18)20/h2-7,12-13,15H,8-11,14H2,1H3. The Bertz CT molecular complexity index is 876. The predicted octanol–water partition coefficient (Wildman–Crippen LogP) is 2.56. The fourth-order valence-corrected chi connectivity index (χ4v) is 3.43. The minimum Gasteiger partial charge on any atom is -0.314 e. The van der Waals surface area contributed by atoms with E-state index in [4.69, 9.17) is 0 Å². The number of fused-ring (bicyclic) bond motifs is 1. The Labute approximate surface area is 147 Å². The summed E-state index contributed by atoms with van der Waals surface area (Å²) in [5.41, 5.74) is 4.57. The molecule has 0 amide bonds. The highest BCUT2D eigenvalue weighted by molar-refractivity contribution is 5.89. The topological polar surface area (TPSA) is 40.9 Å². The third-order valence-electron chi connectivity index (χ3n) is 4.91. The number of likely N-dealkylation sites (N-methyl/N-ethyl adjacent to an activating group) is 1. The van der Waals surface area contributed by atoms with E-state index in [2.05, 4.69) is 27.9 Å². The van der Waals surface area contributed by atoms with Gasteiger partial charge in [-0.2, -0.15) is 0 Å². The van der Waals surface area contributed by atoms with Gasteiger partial charge in [-0.1, -0.05) is 12.1 Å². The van der Waals surface area contributed by atoms with Crippen LogP contribution >= 0.6 is 0 Å². The Morgan fingerprint density at radius 2 is 1.96 bits per heavy atom. The lowest BCUT2D eigenvalue weighted by molar-refractivity contribution is 0.112. The average molecular weight is 334 g/mol. The van der Waals surface area contributed by atoms with E-state index in [-0.39, 0.29) is 0 Å². The van der Waals surface area contributed by atoms with Gasteiger partial charge in [0.1, 0.15) is 0 Å². The fourth-order valence-electron chi connectivity index (χ4n) is 3.43. The van der Waals surface area contributed by atoms with Crippen LogP contribution in [0.3, 0.4) is 0 Å². The summed E-state index contributed by atoms with van der Waals surface area (Å²) in [5, 5.41) is 0. The first-order valence-corrected chi connectivity index (χ1v) is 8.66. The zero-order valence-corrected chi connectivity index (χ0v) is 14.4. The summed E-state index contributed by atoms with van der Waals surface area (Å²) in [6.45, 7) is 5.35. The molecular weight excluding hydrogens is 312 g/mol. The van der Waals surface area contributed by atoms with E-state index in [1.54, 1.807) is 0 Å². The highest BCUT2D eigenvalue weighted by Gasteiger charge is 2.15. The summed E-state index contributed by atoms with van der Waals surface area (Å²) in [4.78, 5) is 20.9. The second kappa shape index (κ2) is 6.78.